The van der Waals surface area contributed by atoms with E-state index >= 15 is 0 Å². The zero-order valence-electron chi connectivity index (χ0n) is 9.86. The summed E-state index contributed by atoms with van der Waals surface area (Å²) in [4.78, 5) is 16.0. The Balaban J connectivity index is 2.11. The Kier molecular flexibility index (Phi) is 3.23. The number of pyridine rings is 1. The maximum absolute atomic E-state index is 11.8. The molecule has 2 rings (SSSR count). The van der Waals surface area contributed by atoms with Crippen LogP contribution < -0.4 is 5.32 Å². The summed E-state index contributed by atoms with van der Waals surface area (Å²) in [7, 11) is 0. The van der Waals surface area contributed by atoms with Crippen molar-refractivity contribution in [2.24, 2.45) is 0 Å². The van der Waals surface area contributed by atoms with Crippen LogP contribution >= 0.6 is 0 Å². The Morgan fingerprint density at radius 3 is 2.82 bits per heavy atom. The summed E-state index contributed by atoms with van der Waals surface area (Å²) in [6.45, 7) is 3.85. The van der Waals surface area contributed by atoms with Gasteiger partial charge in [0.1, 0.15) is 11.6 Å². The lowest BCUT2D eigenvalue weighted by molar-refractivity contribution is 0.0994. The molecule has 0 aliphatic carbocycles. The highest BCUT2D eigenvalue weighted by Gasteiger charge is 2.11. The van der Waals surface area contributed by atoms with E-state index < -0.39 is 0 Å². The van der Waals surface area contributed by atoms with Crippen molar-refractivity contribution in [1.29, 1.82) is 0 Å². The molecule has 4 heteroatoms. The van der Waals surface area contributed by atoms with E-state index in [9.17, 15) is 4.79 Å². The van der Waals surface area contributed by atoms with E-state index in [-0.39, 0.29) is 5.91 Å². The van der Waals surface area contributed by atoms with Gasteiger partial charge in [-0.05, 0) is 31.2 Å². The lowest BCUT2D eigenvalue weighted by Gasteiger charge is -2.02. The minimum atomic E-state index is -0.275. The first-order valence-corrected chi connectivity index (χ1v) is 5.52. The van der Waals surface area contributed by atoms with E-state index in [1.54, 1.807) is 18.2 Å². The van der Waals surface area contributed by atoms with Gasteiger partial charge in [-0.2, -0.15) is 0 Å². The fraction of sp³-hybridized carbons (Fsp3) is 0.231. The van der Waals surface area contributed by atoms with Crippen molar-refractivity contribution >= 4 is 11.7 Å². The molecule has 4 nitrogen and oxygen atoms in total. The third kappa shape index (κ3) is 2.72. The van der Waals surface area contributed by atoms with Gasteiger partial charge in [-0.3, -0.25) is 4.79 Å². The molecular weight excluding hydrogens is 216 g/mol. The number of nitrogens with one attached hydrogen (secondary N) is 1. The molecule has 0 atom stereocenters. The molecule has 0 fully saturated rings. The average Bonchev–Trinajstić information content (AvgIpc) is 2.77. The van der Waals surface area contributed by atoms with Crippen LogP contribution in [0, 0.1) is 6.92 Å². The number of carbonyl (C=O) groups is 1. The van der Waals surface area contributed by atoms with Gasteiger partial charge in [0, 0.05) is 12.1 Å². The van der Waals surface area contributed by atoms with Gasteiger partial charge in [0.2, 0.25) is 0 Å². The second kappa shape index (κ2) is 4.82. The predicted molar refractivity (Wildman–Crippen MR) is 65.0 cm³/mol. The van der Waals surface area contributed by atoms with Crippen molar-refractivity contribution in [2.75, 3.05) is 5.32 Å². The van der Waals surface area contributed by atoms with Gasteiger partial charge in [0.15, 0.2) is 5.76 Å². The molecule has 0 unspecified atom stereocenters. The fourth-order valence-electron chi connectivity index (χ4n) is 1.48. The predicted octanol–water partition coefficient (Wildman–Crippen LogP) is 2.80. The van der Waals surface area contributed by atoms with Crippen LogP contribution in [0.1, 0.15) is 28.9 Å². The maximum atomic E-state index is 11.8. The number of anilines is 1. The van der Waals surface area contributed by atoms with E-state index in [0.717, 1.165) is 17.9 Å². The van der Waals surface area contributed by atoms with Crippen LogP contribution in [0.3, 0.4) is 0 Å². The summed E-state index contributed by atoms with van der Waals surface area (Å²) >= 11 is 0. The summed E-state index contributed by atoms with van der Waals surface area (Å²) in [6.07, 6.45) is 0.774. The summed E-state index contributed by atoms with van der Waals surface area (Å²) in [5, 5.41) is 2.69. The maximum Gasteiger partial charge on any atom is 0.292 e. The fourth-order valence-corrected chi connectivity index (χ4v) is 1.48. The Morgan fingerprint density at radius 2 is 2.18 bits per heavy atom. The Morgan fingerprint density at radius 1 is 1.35 bits per heavy atom. The third-order valence-electron chi connectivity index (χ3n) is 2.36. The molecule has 0 aromatic carbocycles. The van der Waals surface area contributed by atoms with E-state index in [1.165, 1.54) is 0 Å². The minimum Gasteiger partial charge on any atom is -0.456 e. The zero-order chi connectivity index (χ0) is 12.3. The van der Waals surface area contributed by atoms with Crippen molar-refractivity contribution in [3.8, 4) is 0 Å². The zero-order valence-corrected chi connectivity index (χ0v) is 9.86. The van der Waals surface area contributed by atoms with Gasteiger partial charge in [-0.25, -0.2) is 4.98 Å². The number of nitrogens with zero attached hydrogens (tertiary/aromatic N) is 1. The number of aryl methyl sites for hydroxylation is 2. The quantitative estimate of drug-likeness (QED) is 0.882. The molecule has 0 radical (unpaired) electrons. The lowest BCUT2D eigenvalue weighted by Crippen LogP contribution is -2.12. The van der Waals surface area contributed by atoms with Gasteiger partial charge < -0.3 is 9.73 Å². The van der Waals surface area contributed by atoms with Crippen LogP contribution in [-0.2, 0) is 6.42 Å². The van der Waals surface area contributed by atoms with Crippen molar-refractivity contribution in [2.45, 2.75) is 20.3 Å². The molecule has 0 saturated heterocycles. The smallest absolute Gasteiger partial charge is 0.292 e. The molecule has 2 aromatic heterocycles. The molecule has 2 heterocycles. The second-order valence-corrected chi connectivity index (χ2v) is 3.74. The van der Waals surface area contributed by atoms with Crippen molar-refractivity contribution in [1.82, 2.24) is 4.98 Å². The Labute approximate surface area is 99.7 Å². The Bertz CT molecular complexity index is 532. The SMILES string of the molecule is CCc1ccc(C(=O)Nc2cccc(C)n2)o1. The molecule has 2 aromatic rings. The first-order chi connectivity index (χ1) is 8.19. The number of amides is 1. The first kappa shape index (κ1) is 11.4. The molecule has 0 spiro atoms. The number of hydrogen-bond donors (Lipinski definition) is 1. The monoisotopic (exact) mass is 230 g/mol. The number of rotatable bonds is 3. The summed E-state index contributed by atoms with van der Waals surface area (Å²) in [5.74, 6) is 1.37. The molecule has 1 amide bonds. The highest BCUT2D eigenvalue weighted by Crippen LogP contribution is 2.11. The normalized spacial score (nSPS) is 10.2. The second-order valence-electron chi connectivity index (χ2n) is 3.74. The van der Waals surface area contributed by atoms with Crippen molar-refractivity contribution in [3.63, 3.8) is 0 Å². The van der Waals surface area contributed by atoms with Crippen LogP contribution in [0.4, 0.5) is 5.82 Å². The molecular formula is C13H14N2O2. The van der Waals surface area contributed by atoms with E-state index in [1.807, 2.05) is 26.0 Å². The number of hydrogen-bond acceptors (Lipinski definition) is 3. The largest absolute Gasteiger partial charge is 0.456 e. The minimum absolute atomic E-state index is 0.275. The summed E-state index contributed by atoms with van der Waals surface area (Å²) < 4.78 is 5.36. The van der Waals surface area contributed by atoms with E-state index in [4.69, 9.17) is 4.42 Å². The average molecular weight is 230 g/mol. The summed E-state index contributed by atoms with van der Waals surface area (Å²) in [6, 6.07) is 8.94. The van der Waals surface area contributed by atoms with Crippen LogP contribution in [0.15, 0.2) is 34.7 Å². The molecule has 88 valence electrons. The van der Waals surface area contributed by atoms with Crippen LogP contribution in [0.2, 0.25) is 0 Å². The first-order valence-electron chi connectivity index (χ1n) is 5.52. The number of carbonyl (C=O) groups excluding carboxylic acids is 1. The van der Waals surface area contributed by atoms with Crippen molar-refractivity contribution in [3.05, 3.63) is 47.5 Å². The van der Waals surface area contributed by atoms with Gasteiger partial charge in [-0.1, -0.05) is 13.0 Å². The molecule has 0 bridgehead atoms. The van der Waals surface area contributed by atoms with Crippen LogP contribution in [-0.4, -0.2) is 10.9 Å². The van der Waals surface area contributed by atoms with Crippen LogP contribution in [0.5, 0.6) is 0 Å². The van der Waals surface area contributed by atoms with E-state index in [2.05, 4.69) is 10.3 Å². The molecule has 17 heavy (non-hydrogen) atoms. The molecule has 0 aliphatic heterocycles. The van der Waals surface area contributed by atoms with Crippen molar-refractivity contribution < 1.29 is 9.21 Å². The highest BCUT2D eigenvalue weighted by molar-refractivity contribution is 6.01. The standard InChI is InChI=1S/C13H14N2O2/c1-3-10-7-8-11(17-10)13(16)15-12-6-4-5-9(2)14-12/h4-8H,3H2,1-2H3,(H,14,15,16). The Hall–Kier alpha value is -2.10. The van der Waals surface area contributed by atoms with E-state index in [0.29, 0.717) is 11.6 Å². The van der Waals surface area contributed by atoms with Crippen LogP contribution in [0.25, 0.3) is 0 Å². The summed E-state index contributed by atoms with van der Waals surface area (Å²) in [5.41, 5.74) is 0.858. The van der Waals surface area contributed by atoms with Gasteiger partial charge in [0.25, 0.3) is 5.91 Å². The van der Waals surface area contributed by atoms with Gasteiger partial charge in [0.05, 0.1) is 0 Å². The molecule has 0 saturated carbocycles. The topological polar surface area (TPSA) is 55.1 Å². The molecule has 1 N–H and O–H groups in total. The lowest BCUT2D eigenvalue weighted by atomic mass is 10.3. The molecule has 0 aliphatic rings. The van der Waals surface area contributed by atoms with Gasteiger partial charge in [-0.15, -0.1) is 0 Å². The third-order valence-corrected chi connectivity index (χ3v) is 2.36. The van der Waals surface area contributed by atoms with Gasteiger partial charge >= 0.3 is 0 Å². The number of aromatic nitrogens is 1. The number of furan rings is 1. The highest BCUT2D eigenvalue weighted by atomic mass is 16.3.